The number of nitrogens with two attached hydrogens (primary N) is 2. The van der Waals surface area contributed by atoms with E-state index in [9.17, 15) is 0 Å². The van der Waals surface area contributed by atoms with Gasteiger partial charge in [-0.1, -0.05) is 53.5 Å². The maximum atomic E-state index is 6.20. The van der Waals surface area contributed by atoms with E-state index in [1.807, 2.05) is 60.7 Å². The van der Waals surface area contributed by atoms with E-state index in [1.165, 1.54) is 0 Å². The highest BCUT2D eigenvalue weighted by molar-refractivity contribution is 6.37. The van der Waals surface area contributed by atoms with Crippen molar-refractivity contribution in [3.8, 4) is 22.6 Å². The van der Waals surface area contributed by atoms with Crippen LogP contribution in [0.1, 0.15) is 5.56 Å². The lowest BCUT2D eigenvalue weighted by atomic mass is 10.0. The average Bonchev–Trinajstić information content (AvgIpc) is 2.81. The first-order valence-corrected chi connectivity index (χ1v) is 10.9. The lowest BCUT2D eigenvalue weighted by Crippen LogP contribution is -2.34. The SMILES string of the molecule is NCCOB(OCCN)Oc1ccc(COc2ccccc2Cl)cc1-c1ccc(Cl)cc1. The Morgan fingerprint density at radius 2 is 1.47 bits per heavy atom. The zero-order chi connectivity index (χ0) is 22.8. The summed E-state index contributed by atoms with van der Waals surface area (Å²) >= 11 is 12.3. The fourth-order valence-electron chi connectivity index (χ4n) is 2.90. The predicted molar refractivity (Wildman–Crippen MR) is 129 cm³/mol. The van der Waals surface area contributed by atoms with E-state index in [2.05, 4.69) is 0 Å². The second kappa shape index (κ2) is 12.7. The minimum Gasteiger partial charge on any atom is -0.511 e. The van der Waals surface area contributed by atoms with Crippen molar-refractivity contribution in [2.45, 2.75) is 6.61 Å². The number of para-hydroxylation sites is 1. The van der Waals surface area contributed by atoms with Crippen LogP contribution in [0.15, 0.2) is 66.7 Å². The molecule has 0 aliphatic rings. The quantitative estimate of drug-likeness (QED) is 0.374. The van der Waals surface area contributed by atoms with Crippen LogP contribution in [0.25, 0.3) is 11.1 Å². The highest BCUT2D eigenvalue weighted by Crippen LogP contribution is 2.33. The molecule has 0 saturated heterocycles. The fraction of sp³-hybridized carbons (Fsp3) is 0.217. The van der Waals surface area contributed by atoms with Gasteiger partial charge in [0.05, 0.1) is 5.02 Å². The number of benzene rings is 3. The number of rotatable bonds is 12. The molecular weight excluding hydrogens is 450 g/mol. The van der Waals surface area contributed by atoms with Crippen LogP contribution in [0.2, 0.25) is 10.0 Å². The first-order chi connectivity index (χ1) is 15.6. The average molecular weight is 475 g/mol. The van der Waals surface area contributed by atoms with Crippen molar-refractivity contribution >= 4 is 30.5 Å². The lowest BCUT2D eigenvalue weighted by molar-refractivity contribution is 0.147. The molecule has 3 aromatic carbocycles. The zero-order valence-corrected chi connectivity index (χ0v) is 19.0. The molecule has 0 unspecified atom stereocenters. The van der Waals surface area contributed by atoms with Gasteiger partial charge in [-0.25, -0.2) is 0 Å². The van der Waals surface area contributed by atoms with Crippen molar-refractivity contribution < 1.29 is 18.7 Å². The van der Waals surface area contributed by atoms with E-state index < -0.39 is 7.32 Å². The van der Waals surface area contributed by atoms with Crippen LogP contribution in [0.5, 0.6) is 11.5 Å². The highest BCUT2D eigenvalue weighted by atomic mass is 35.5. The molecule has 4 N–H and O–H groups in total. The van der Waals surface area contributed by atoms with E-state index in [0.29, 0.717) is 41.2 Å². The van der Waals surface area contributed by atoms with Gasteiger partial charge in [-0.2, -0.15) is 0 Å². The molecule has 0 saturated carbocycles. The molecule has 0 amide bonds. The summed E-state index contributed by atoms with van der Waals surface area (Å²) < 4.78 is 23.1. The number of halogens is 2. The molecule has 6 nitrogen and oxygen atoms in total. The molecule has 32 heavy (non-hydrogen) atoms. The molecule has 3 aromatic rings. The van der Waals surface area contributed by atoms with Gasteiger partial charge in [0.2, 0.25) is 0 Å². The largest absolute Gasteiger partial charge is 0.713 e. The van der Waals surface area contributed by atoms with Crippen molar-refractivity contribution in [2.75, 3.05) is 26.3 Å². The van der Waals surface area contributed by atoms with Crippen LogP contribution in [-0.4, -0.2) is 33.6 Å². The van der Waals surface area contributed by atoms with E-state index in [4.69, 9.17) is 53.4 Å². The zero-order valence-electron chi connectivity index (χ0n) is 17.5. The molecule has 0 aromatic heterocycles. The van der Waals surface area contributed by atoms with Gasteiger partial charge in [0, 0.05) is 36.9 Å². The summed E-state index contributed by atoms with van der Waals surface area (Å²) in [6.07, 6.45) is 0. The van der Waals surface area contributed by atoms with Crippen LogP contribution < -0.4 is 20.9 Å². The van der Waals surface area contributed by atoms with Gasteiger partial charge in [0.1, 0.15) is 18.1 Å². The van der Waals surface area contributed by atoms with Crippen LogP contribution in [0.3, 0.4) is 0 Å². The van der Waals surface area contributed by atoms with Crippen molar-refractivity contribution in [1.29, 1.82) is 0 Å². The molecule has 0 fully saturated rings. The topological polar surface area (TPSA) is 89.0 Å². The molecule has 168 valence electrons. The van der Waals surface area contributed by atoms with Gasteiger partial charge in [-0.3, -0.25) is 0 Å². The summed E-state index contributed by atoms with van der Waals surface area (Å²) in [6, 6.07) is 20.6. The number of hydrogen-bond donors (Lipinski definition) is 2. The molecule has 0 radical (unpaired) electrons. The molecule has 0 bridgehead atoms. The van der Waals surface area contributed by atoms with Crippen LogP contribution in [0.4, 0.5) is 0 Å². The van der Waals surface area contributed by atoms with Gasteiger partial charge in [0.25, 0.3) is 0 Å². The Balaban J connectivity index is 1.86. The third-order valence-electron chi connectivity index (χ3n) is 4.40. The number of hydrogen-bond acceptors (Lipinski definition) is 6. The standard InChI is InChI=1S/C23H25BCl2N2O4/c25-19-8-6-18(7-9-19)20-15-17(16-29-23-4-2-1-3-21(23)26)5-10-22(20)32-24(30-13-11-27)31-14-12-28/h1-10,15H,11-14,16,27-28H2. The smallest absolute Gasteiger partial charge is 0.511 e. The van der Waals surface area contributed by atoms with Crippen LogP contribution in [0, 0.1) is 0 Å². The van der Waals surface area contributed by atoms with Crippen molar-refractivity contribution in [1.82, 2.24) is 0 Å². The minimum atomic E-state index is -0.932. The summed E-state index contributed by atoms with van der Waals surface area (Å²) in [6.45, 7) is 1.59. The summed E-state index contributed by atoms with van der Waals surface area (Å²) in [4.78, 5) is 0. The Hall–Kier alpha value is -2.26. The number of ether oxygens (including phenoxy) is 1. The first-order valence-electron chi connectivity index (χ1n) is 10.2. The minimum absolute atomic E-state index is 0.287. The summed E-state index contributed by atoms with van der Waals surface area (Å²) in [5.74, 6) is 1.20. The van der Waals surface area contributed by atoms with E-state index in [-0.39, 0.29) is 13.2 Å². The molecule has 0 atom stereocenters. The van der Waals surface area contributed by atoms with Crippen molar-refractivity contribution in [2.24, 2.45) is 11.5 Å². The summed E-state index contributed by atoms with van der Waals surface area (Å²) in [7, 11) is -0.932. The second-order valence-electron chi connectivity index (χ2n) is 6.78. The van der Waals surface area contributed by atoms with Gasteiger partial charge in [-0.05, 0) is 47.5 Å². The van der Waals surface area contributed by atoms with E-state index in [0.717, 1.165) is 16.7 Å². The van der Waals surface area contributed by atoms with Crippen LogP contribution >= 0.6 is 23.2 Å². The van der Waals surface area contributed by atoms with Gasteiger partial charge in [0.15, 0.2) is 0 Å². The molecule has 0 aliphatic carbocycles. The molecule has 0 aliphatic heterocycles. The Bertz CT molecular complexity index is 984. The molecule has 0 spiro atoms. The van der Waals surface area contributed by atoms with Crippen molar-refractivity contribution in [3.05, 3.63) is 82.3 Å². The third kappa shape index (κ3) is 7.13. The predicted octanol–water partition coefficient (Wildman–Crippen LogP) is 4.55. The van der Waals surface area contributed by atoms with Crippen molar-refractivity contribution in [3.63, 3.8) is 0 Å². The first kappa shape index (κ1) is 24.4. The second-order valence-corrected chi connectivity index (χ2v) is 7.63. The summed E-state index contributed by atoms with van der Waals surface area (Å²) in [5.41, 5.74) is 13.8. The third-order valence-corrected chi connectivity index (χ3v) is 4.96. The van der Waals surface area contributed by atoms with E-state index in [1.54, 1.807) is 6.07 Å². The van der Waals surface area contributed by atoms with E-state index >= 15 is 0 Å². The molecule has 9 heteroatoms. The molecule has 0 heterocycles. The molecule has 3 rings (SSSR count). The molecular formula is C23H25BCl2N2O4. The maximum absolute atomic E-state index is 6.20. The normalized spacial score (nSPS) is 10.8. The summed E-state index contributed by atoms with van der Waals surface area (Å²) in [5, 5.41) is 1.20. The van der Waals surface area contributed by atoms with Gasteiger partial charge >= 0.3 is 7.32 Å². The fourth-order valence-corrected chi connectivity index (χ4v) is 3.21. The highest BCUT2D eigenvalue weighted by Gasteiger charge is 2.25. The maximum Gasteiger partial charge on any atom is 0.713 e. The van der Waals surface area contributed by atoms with Gasteiger partial charge < -0.3 is 30.2 Å². The Kier molecular flexibility index (Phi) is 9.68. The monoisotopic (exact) mass is 474 g/mol. The Morgan fingerprint density at radius 3 is 2.12 bits per heavy atom. The Morgan fingerprint density at radius 1 is 0.781 bits per heavy atom. The van der Waals surface area contributed by atoms with Gasteiger partial charge in [-0.15, -0.1) is 0 Å². The lowest BCUT2D eigenvalue weighted by Gasteiger charge is -2.18. The van der Waals surface area contributed by atoms with Crippen LogP contribution in [-0.2, 0) is 15.9 Å². The Labute approximate surface area is 198 Å².